The molecule has 1 aliphatic carbocycles. The van der Waals surface area contributed by atoms with Crippen molar-refractivity contribution >= 4 is 11.0 Å². The number of fused-ring (bicyclic) bond motifs is 1. The lowest BCUT2D eigenvalue weighted by molar-refractivity contribution is 0.148. The molecule has 1 aromatic carbocycles. The fourth-order valence-electron chi connectivity index (χ4n) is 2.33. The van der Waals surface area contributed by atoms with Crippen LogP contribution in [0.2, 0.25) is 0 Å². The highest BCUT2D eigenvalue weighted by atomic mass is 16.5. The molecule has 19 heavy (non-hydrogen) atoms. The molecule has 1 heterocycles. The van der Waals surface area contributed by atoms with Crippen molar-refractivity contribution in [2.75, 3.05) is 13.7 Å². The van der Waals surface area contributed by atoms with Crippen molar-refractivity contribution in [3.8, 4) is 5.75 Å². The summed E-state index contributed by atoms with van der Waals surface area (Å²) in [5.41, 5.74) is 0.782. The van der Waals surface area contributed by atoms with E-state index < -0.39 is 0 Å². The number of ether oxygens (including phenoxy) is 1. The van der Waals surface area contributed by atoms with E-state index in [2.05, 4.69) is 5.32 Å². The fourth-order valence-corrected chi connectivity index (χ4v) is 2.33. The van der Waals surface area contributed by atoms with Crippen LogP contribution in [0.4, 0.5) is 0 Å². The summed E-state index contributed by atoms with van der Waals surface area (Å²) in [5.74, 6) is 2.12. The summed E-state index contributed by atoms with van der Waals surface area (Å²) < 4.78 is 11.0. The minimum atomic E-state index is -0.223. The van der Waals surface area contributed by atoms with Crippen molar-refractivity contribution in [2.45, 2.75) is 25.5 Å². The van der Waals surface area contributed by atoms with Gasteiger partial charge in [-0.15, -0.1) is 0 Å². The van der Waals surface area contributed by atoms with Crippen LogP contribution in [0.15, 0.2) is 28.7 Å². The maximum atomic E-state index is 9.78. The smallest absolute Gasteiger partial charge is 0.176 e. The summed E-state index contributed by atoms with van der Waals surface area (Å²) in [6, 6.07) is 7.85. The van der Waals surface area contributed by atoms with Crippen LogP contribution in [-0.2, 0) is 6.54 Å². The van der Waals surface area contributed by atoms with Gasteiger partial charge in [0.2, 0.25) is 0 Å². The summed E-state index contributed by atoms with van der Waals surface area (Å²) in [7, 11) is 1.64. The molecule has 0 saturated heterocycles. The van der Waals surface area contributed by atoms with Gasteiger partial charge in [0.15, 0.2) is 11.3 Å². The Bertz CT molecular complexity index is 560. The number of rotatable bonds is 6. The average Bonchev–Trinajstić information content (AvgIpc) is 3.18. The molecule has 0 spiro atoms. The number of nitrogens with one attached hydrogen (secondary N) is 1. The number of para-hydroxylation sites is 1. The summed E-state index contributed by atoms with van der Waals surface area (Å²) in [5, 5.41) is 14.1. The first-order valence-electron chi connectivity index (χ1n) is 6.72. The molecule has 4 nitrogen and oxygen atoms in total. The zero-order valence-electron chi connectivity index (χ0n) is 11.1. The van der Waals surface area contributed by atoms with E-state index in [0.29, 0.717) is 19.0 Å². The van der Waals surface area contributed by atoms with Crippen molar-refractivity contribution in [2.24, 2.45) is 5.92 Å². The lowest BCUT2D eigenvalue weighted by Gasteiger charge is -2.09. The first-order chi connectivity index (χ1) is 9.28. The maximum absolute atomic E-state index is 9.78. The summed E-state index contributed by atoms with van der Waals surface area (Å²) in [4.78, 5) is 0. The van der Waals surface area contributed by atoms with E-state index in [0.717, 1.165) is 35.3 Å². The predicted molar refractivity (Wildman–Crippen MR) is 73.2 cm³/mol. The fraction of sp³-hybridized carbons (Fsp3) is 0.467. The normalized spacial score (nSPS) is 16.7. The number of hydrogen-bond acceptors (Lipinski definition) is 4. The zero-order chi connectivity index (χ0) is 13.2. The van der Waals surface area contributed by atoms with Crippen LogP contribution in [0.5, 0.6) is 5.75 Å². The van der Waals surface area contributed by atoms with E-state index in [-0.39, 0.29) is 6.10 Å². The van der Waals surface area contributed by atoms with E-state index in [4.69, 9.17) is 9.15 Å². The van der Waals surface area contributed by atoms with Gasteiger partial charge in [0, 0.05) is 11.9 Å². The van der Waals surface area contributed by atoms with Gasteiger partial charge in [-0.25, -0.2) is 0 Å². The molecule has 1 atom stereocenters. The van der Waals surface area contributed by atoms with Gasteiger partial charge in [0.05, 0.1) is 19.8 Å². The van der Waals surface area contributed by atoms with Gasteiger partial charge in [-0.1, -0.05) is 12.1 Å². The largest absolute Gasteiger partial charge is 0.493 e. The molecule has 0 aliphatic heterocycles. The molecule has 1 saturated carbocycles. The highest BCUT2D eigenvalue weighted by molar-refractivity contribution is 5.83. The molecular formula is C15H19NO3. The Morgan fingerprint density at radius 2 is 2.32 bits per heavy atom. The molecule has 4 heteroatoms. The number of aliphatic hydroxyl groups excluding tert-OH is 1. The van der Waals surface area contributed by atoms with Crippen LogP contribution < -0.4 is 10.1 Å². The summed E-state index contributed by atoms with van der Waals surface area (Å²) in [6.07, 6.45) is 2.09. The molecule has 102 valence electrons. The van der Waals surface area contributed by atoms with Crippen LogP contribution in [0, 0.1) is 5.92 Å². The lowest BCUT2D eigenvalue weighted by atomic mass is 10.2. The summed E-state index contributed by atoms with van der Waals surface area (Å²) >= 11 is 0. The third-order valence-electron chi connectivity index (χ3n) is 3.60. The topological polar surface area (TPSA) is 54.6 Å². The van der Waals surface area contributed by atoms with E-state index >= 15 is 0 Å². The molecule has 0 bridgehead atoms. The monoisotopic (exact) mass is 261 g/mol. The van der Waals surface area contributed by atoms with Crippen LogP contribution in [0.3, 0.4) is 0 Å². The molecule has 1 aromatic heterocycles. The molecule has 0 amide bonds. The number of hydrogen-bond donors (Lipinski definition) is 2. The van der Waals surface area contributed by atoms with Crippen LogP contribution in [0.25, 0.3) is 11.0 Å². The Labute approximate surface area is 112 Å². The number of methoxy groups -OCH3 is 1. The lowest BCUT2D eigenvalue weighted by Crippen LogP contribution is -2.27. The van der Waals surface area contributed by atoms with Gasteiger partial charge in [0.1, 0.15) is 5.76 Å². The third kappa shape index (κ3) is 2.74. The first kappa shape index (κ1) is 12.5. The predicted octanol–water partition coefficient (Wildman–Crippen LogP) is 2.30. The molecule has 1 aliphatic rings. The van der Waals surface area contributed by atoms with Gasteiger partial charge in [-0.05, 0) is 30.9 Å². The quantitative estimate of drug-likeness (QED) is 0.837. The minimum absolute atomic E-state index is 0.223. The van der Waals surface area contributed by atoms with Crippen molar-refractivity contribution in [1.82, 2.24) is 5.32 Å². The second-order valence-corrected chi connectivity index (χ2v) is 5.13. The highest BCUT2D eigenvalue weighted by Gasteiger charge is 2.29. The molecule has 1 fully saturated rings. The minimum Gasteiger partial charge on any atom is -0.493 e. The Morgan fingerprint density at radius 1 is 1.47 bits per heavy atom. The third-order valence-corrected chi connectivity index (χ3v) is 3.60. The van der Waals surface area contributed by atoms with Gasteiger partial charge in [-0.3, -0.25) is 0 Å². The van der Waals surface area contributed by atoms with Gasteiger partial charge < -0.3 is 19.6 Å². The average molecular weight is 261 g/mol. The first-order valence-corrected chi connectivity index (χ1v) is 6.72. The second-order valence-electron chi connectivity index (χ2n) is 5.13. The van der Waals surface area contributed by atoms with Crippen molar-refractivity contribution < 1.29 is 14.3 Å². The second kappa shape index (κ2) is 5.23. The van der Waals surface area contributed by atoms with Crippen LogP contribution in [-0.4, -0.2) is 24.9 Å². The Hall–Kier alpha value is -1.52. The molecular weight excluding hydrogens is 242 g/mol. The Kier molecular flexibility index (Phi) is 3.44. The van der Waals surface area contributed by atoms with Crippen molar-refractivity contribution in [3.63, 3.8) is 0 Å². The van der Waals surface area contributed by atoms with Crippen molar-refractivity contribution in [3.05, 3.63) is 30.0 Å². The van der Waals surface area contributed by atoms with Gasteiger partial charge >= 0.3 is 0 Å². The Morgan fingerprint density at radius 3 is 3.05 bits per heavy atom. The van der Waals surface area contributed by atoms with E-state index in [1.165, 1.54) is 0 Å². The van der Waals surface area contributed by atoms with E-state index in [1.54, 1.807) is 7.11 Å². The van der Waals surface area contributed by atoms with Crippen LogP contribution in [0.1, 0.15) is 18.6 Å². The maximum Gasteiger partial charge on any atom is 0.176 e. The number of furan rings is 1. The van der Waals surface area contributed by atoms with Crippen molar-refractivity contribution in [1.29, 1.82) is 0 Å². The van der Waals surface area contributed by atoms with E-state index in [1.807, 2.05) is 24.3 Å². The van der Waals surface area contributed by atoms with Crippen LogP contribution >= 0.6 is 0 Å². The summed E-state index contributed by atoms with van der Waals surface area (Å²) in [6.45, 7) is 1.25. The zero-order valence-corrected chi connectivity index (χ0v) is 11.1. The van der Waals surface area contributed by atoms with Gasteiger partial charge in [-0.2, -0.15) is 0 Å². The Balaban J connectivity index is 1.64. The molecule has 0 radical (unpaired) electrons. The molecule has 1 unspecified atom stereocenters. The molecule has 2 N–H and O–H groups in total. The molecule has 2 aromatic rings. The molecule has 3 rings (SSSR count). The standard InChI is InChI=1S/C15H19NO3/c1-18-14-4-2-3-11-7-12(19-15(11)14)8-16-9-13(17)10-5-6-10/h2-4,7,10,13,16-17H,5-6,8-9H2,1H3. The number of aliphatic hydroxyl groups is 1. The SMILES string of the molecule is COc1cccc2cc(CNCC(O)C3CC3)oc12. The van der Waals surface area contributed by atoms with E-state index in [9.17, 15) is 5.11 Å². The van der Waals surface area contributed by atoms with Gasteiger partial charge in [0.25, 0.3) is 0 Å². The highest BCUT2D eigenvalue weighted by Crippen LogP contribution is 2.32. The number of benzene rings is 1.